The van der Waals surface area contributed by atoms with E-state index in [1.807, 2.05) is 45.0 Å². The van der Waals surface area contributed by atoms with Crippen LogP contribution in [0.1, 0.15) is 33.0 Å². The number of fused-ring (bicyclic) bond motifs is 1. The molecule has 0 bridgehead atoms. The fourth-order valence-electron chi connectivity index (χ4n) is 2.43. The van der Waals surface area contributed by atoms with E-state index in [0.717, 1.165) is 36.2 Å². The molecule has 0 saturated heterocycles. The quantitative estimate of drug-likeness (QED) is 0.363. The van der Waals surface area contributed by atoms with Crippen molar-refractivity contribution < 1.29 is 4.79 Å². The first-order valence-electron chi connectivity index (χ1n) is 8.56. The number of aromatic amines is 1. The predicted octanol–water partition coefficient (Wildman–Crippen LogP) is 1.58. The first kappa shape index (κ1) is 18.8. The summed E-state index contributed by atoms with van der Waals surface area (Å²) in [5.41, 5.74) is 1.82. The van der Waals surface area contributed by atoms with E-state index in [-0.39, 0.29) is 18.0 Å². The van der Waals surface area contributed by atoms with Gasteiger partial charge in [-0.2, -0.15) is 0 Å². The number of nitrogens with zero attached hydrogens (tertiary/aromatic N) is 2. The molecule has 0 radical (unpaired) electrons. The lowest BCUT2D eigenvalue weighted by Crippen LogP contribution is -2.48. The van der Waals surface area contributed by atoms with Crippen molar-refractivity contribution in [3.05, 3.63) is 30.1 Å². The average Bonchev–Trinajstić information content (AvgIpc) is 2.95. The van der Waals surface area contributed by atoms with Gasteiger partial charge >= 0.3 is 0 Å². The van der Waals surface area contributed by atoms with Gasteiger partial charge in [0.05, 0.1) is 17.6 Å². The molecule has 0 spiro atoms. The molecule has 1 amide bonds. The Hall–Kier alpha value is -2.57. The normalized spacial score (nSPS) is 12.2. The lowest BCUT2D eigenvalue weighted by Gasteiger charge is -2.21. The third-order valence-electron chi connectivity index (χ3n) is 3.48. The molecule has 136 valence electrons. The number of hydrogen-bond donors (Lipinski definition) is 4. The molecular weight excluding hydrogens is 316 g/mol. The number of amides is 1. The molecule has 0 aliphatic rings. The second-order valence-corrected chi connectivity index (χ2v) is 6.95. The van der Waals surface area contributed by atoms with Crippen molar-refractivity contribution in [3.63, 3.8) is 0 Å². The fraction of sp³-hybridized carbons (Fsp3) is 0.500. The van der Waals surface area contributed by atoms with E-state index < -0.39 is 0 Å². The van der Waals surface area contributed by atoms with Gasteiger partial charge in [-0.1, -0.05) is 12.1 Å². The molecule has 1 heterocycles. The van der Waals surface area contributed by atoms with Crippen molar-refractivity contribution in [2.24, 2.45) is 4.99 Å². The second kappa shape index (κ2) is 8.50. The van der Waals surface area contributed by atoms with E-state index in [9.17, 15) is 4.79 Å². The maximum atomic E-state index is 11.8. The number of carbonyl (C=O) groups is 1. The second-order valence-electron chi connectivity index (χ2n) is 6.95. The summed E-state index contributed by atoms with van der Waals surface area (Å²) in [6.45, 7) is 6.81. The van der Waals surface area contributed by atoms with Crippen LogP contribution in [0.25, 0.3) is 11.0 Å². The van der Waals surface area contributed by atoms with Crippen LogP contribution in [-0.4, -0.2) is 47.5 Å². The van der Waals surface area contributed by atoms with Gasteiger partial charge in [-0.3, -0.25) is 9.79 Å². The van der Waals surface area contributed by atoms with Crippen molar-refractivity contribution in [2.75, 3.05) is 20.1 Å². The van der Waals surface area contributed by atoms with Gasteiger partial charge in [-0.25, -0.2) is 4.98 Å². The lowest BCUT2D eigenvalue weighted by molar-refractivity contribution is -0.121. The van der Waals surface area contributed by atoms with E-state index >= 15 is 0 Å². The predicted molar refractivity (Wildman–Crippen MR) is 102 cm³/mol. The molecule has 0 aliphatic carbocycles. The minimum atomic E-state index is -0.234. The maximum absolute atomic E-state index is 11.8. The molecule has 25 heavy (non-hydrogen) atoms. The van der Waals surface area contributed by atoms with Gasteiger partial charge in [-0.15, -0.1) is 0 Å². The van der Waals surface area contributed by atoms with E-state index in [1.165, 1.54) is 0 Å². The summed E-state index contributed by atoms with van der Waals surface area (Å²) in [4.78, 5) is 23.8. The Morgan fingerprint density at radius 3 is 2.68 bits per heavy atom. The molecule has 1 aromatic carbocycles. The van der Waals surface area contributed by atoms with Crippen molar-refractivity contribution in [1.29, 1.82) is 0 Å². The summed E-state index contributed by atoms with van der Waals surface area (Å²) in [7, 11) is 1.69. The van der Waals surface area contributed by atoms with E-state index in [1.54, 1.807) is 7.05 Å². The van der Waals surface area contributed by atoms with Crippen LogP contribution in [-0.2, 0) is 11.2 Å². The molecule has 0 saturated carbocycles. The van der Waals surface area contributed by atoms with Gasteiger partial charge in [0.1, 0.15) is 5.82 Å². The van der Waals surface area contributed by atoms with Crippen molar-refractivity contribution >= 4 is 22.9 Å². The van der Waals surface area contributed by atoms with Gasteiger partial charge in [0.15, 0.2) is 5.96 Å². The highest BCUT2D eigenvalue weighted by Crippen LogP contribution is 2.10. The summed E-state index contributed by atoms with van der Waals surface area (Å²) in [6.07, 6.45) is 1.76. The molecule has 0 atom stereocenters. The highest BCUT2D eigenvalue weighted by Gasteiger charge is 2.13. The zero-order valence-electron chi connectivity index (χ0n) is 15.4. The first-order chi connectivity index (χ1) is 11.9. The van der Waals surface area contributed by atoms with Crippen molar-refractivity contribution in [1.82, 2.24) is 25.9 Å². The van der Waals surface area contributed by atoms with Gasteiger partial charge in [0.2, 0.25) is 5.91 Å². The van der Waals surface area contributed by atoms with Crippen LogP contribution < -0.4 is 16.0 Å². The Labute approximate surface area is 148 Å². The Morgan fingerprint density at radius 2 is 2.00 bits per heavy atom. The summed E-state index contributed by atoms with van der Waals surface area (Å²) in [5, 5.41) is 9.13. The molecule has 2 aromatic rings. The van der Waals surface area contributed by atoms with Crippen LogP contribution in [0.3, 0.4) is 0 Å². The minimum Gasteiger partial charge on any atom is -0.356 e. The van der Waals surface area contributed by atoms with Crippen LogP contribution in [0, 0.1) is 0 Å². The van der Waals surface area contributed by atoms with Crippen molar-refractivity contribution in [3.8, 4) is 0 Å². The van der Waals surface area contributed by atoms with E-state index in [2.05, 4.69) is 30.9 Å². The van der Waals surface area contributed by atoms with Gasteiger partial charge in [0.25, 0.3) is 0 Å². The zero-order chi connectivity index (χ0) is 18.3. The monoisotopic (exact) mass is 344 g/mol. The number of nitrogens with one attached hydrogen (secondary N) is 4. The zero-order valence-corrected chi connectivity index (χ0v) is 15.4. The molecule has 2 rings (SSSR count). The van der Waals surface area contributed by atoms with Crippen LogP contribution in [0.2, 0.25) is 0 Å². The molecule has 0 aliphatic heterocycles. The van der Waals surface area contributed by atoms with Crippen molar-refractivity contribution in [2.45, 2.75) is 39.2 Å². The number of H-pyrrole nitrogens is 1. The smallest absolute Gasteiger partial charge is 0.239 e. The van der Waals surface area contributed by atoms with E-state index in [0.29, 0.717) is 5.96 Å². The number of hydrogen-bond acceptors (Lipinski definition) is 3. The standard InChI is InChI=1S/C18H28N6O/c1-18(2,3)24-16(25)12-21-17(19-4)20-11-7-10-15-22-13-8-5-6-9-14(13)23-15/h5-6,8-9H,7,10-12H2,1-4H3,(H,22,23)(H,24,25)(H2,19,20,21). The fourth-order valence-corrected chi connectivity index (χ4v) is 2.43. The molecule has 0 unspecified atom stereocenters. The van der Waals surface area contributed by atoms with Crippen LogP contribution in [0.15, 0.2) is 29.3 Å². The number of aliphatic imine (C=N–C) groups is 1. The topological polar surface area (TPSA) is 94.2 Å². The summed E-state index contributed by atoms with van der Waals surface area (Å²) < 4.78 is 0. The highest BCUT2D eigenvalue weighted by molar-refractivity contribution is 5.86. The number of benzene rings is 1. The number of guanidine groups is 1. The first-order valence-corrected chi connectivity index (χ1v) is 8.56. The third kappa shape index (κ3) is 6.45. The Morgan fingerprint density at radius 1 is 1.24 bits per heavy atom. The number of rotatable bonds is 6. The molecule has 0 fully saturated rings. The number of para-hydroxylation sites is 2. The summed E-state index contributed by atoms with van der Waals surface area (Å²) in [5.74, 6) is 1.54. The van der Waals surface area contributed by atoms with Crippen LogP contribution >= 0.6 is 0 Å². The molecule has 4 N–H and O–H groups in total. The van der Waals surface area contributed by atoms with Crippen LogP contribution in [0.4, 0.5) is 0 Å². The Bertz CT molecular complexity index is 695. The van der Waals surface area contributed by atoms with Gasteiger partial charge in [0, 0.05) is 25.6 Å². The summed E-state index contributed by atoms with van der Waals surface area (Å²) in [6, 6.07) is 8.01. The van der Waals surface area contributed by atoms with E-state index in [4.69, 9.17) is 0 Å². The van der Waals surface area contributed by atoms with Gasteiger partial charge < -0.3 is 20.9 Å². The molecule has 7 heteroatoms. The van der Waals surface area contributed by atoms with Gasteiger partial charge in [-0.05, 0) is 39.3 Å². The minimum absolute atomic E-state index is 0.0577. The molecule has 1 aromatic heterocycles. The molecule has 7 nitrogen and oxygen atoms in total. The van der Waals surface area contributed by atoms with Crippen LogP contribution in [0.5, 0.6) is 0 Å². The molecular formula is C18H28N6O. The summed E-state index contributed by atoms with van der Waals surface area (Å²) >= 11 is 0. The third-order valence-corrected chi connectivity index (χ3v) is 3.48. The Balaban J connectivity index is 1.69. The number of aromatic nitrogens is 2. The maximum Gasteiger partial charge on any atom is 0.239 e. The SMILES string of the molecule is CN=C(NCCCc1nc2ccccc2[nH]1)NCC(=O)NC(C)(C)C. The number of imidazole rings is 1. The number of aryl methyl sites for hydroxylation is 1. The Kier molecular flexibility index (Phi) is 6.38. The average molecular weight is 344 g/mol. The largest absolute Gasteiger partial charge is 0.356 e. The number of carbonyl (C=O) groups excluding carboxylic acids is 1. The highest BCUT2D eigenvalue weighted by atomic mass is 16.2. The lowest BCUT2D eigenvalue weighted by atomic mass is 10.1.